The number of rotatable bonds is 5. The molecule has 1 aliphatic heterocycles. The van der Waals surface area contributed by atoms with E-state index in [1.54, 1.807) is 28.4 Å². The Kier molecular flexibility index (Phi) is 5.46. The van der Waals surface area contributed by atoms with Crippen LogP contribution in [-0.2, 0) is 4.79 Å². The van der Waals surface area contributed by atoms with Crippen molar-refractivity contribution >= 4 is 40.4 Å². The smallest absolute Gasteiger partial charge is 0.252 e. The van der Waals surface area contributed by atoms with E-state index in [4.69, 9.17) is 11.6 Å². The predicted molar refractivity (Wildman–Crippen MR) is 113 cm³/mol. The lowest BCUT2D eigenvalue weighted by Crippen LogP contribution is -2.29. The van der Waals surface area contributed by atoms with Gasteiger partial charge in [0.15, 0.2) is 0 Å². The Morgan fingerprint density at radius 2 is 1.82 bits per heavy atom. The van der Waals surface area contributed by atoms with Crippen LogP contribution >= 0.6 is 22.9 Å². The first-order valence-electron chi connectivity index (χ1n) is 9.12. The Balaban J connectivity index is 1.54. The number of amides is 2. The first-order chi connectivity index (χ1) is 13.6. The van der Waals surface area contributed by atoms with Crippen LogP contribution in [0.5, 0.6) is 0 Å². The molecular weight excluding hydrogens is 392 g/mol. The molecule has 2 heterocycles. The third-order valence-electron chi connectivity index (χ3n) is 4.82. The second-order valence-electron chi connectivity index (χ2n) is 6.67. The van der Waals surface area contributed by atoms with Gasteiger partial charge < -0.3 is 10.2 Å². The lowest BCUT2D eigenvalue weighted by molar-refractivity contribution is -0.117. The zero-order chi connectivity index (χ0) is 19.5. The number of nitrogens with zero attached hydrogens (tertiary/aromatic N) is 1. The molecule has 1 unspecified atom stereocenters. The van der Waals surface area contributed by atoms with Crippen LogP contribution in [0.25, 0.3) is 0 Å². The summed E-state index contributed by atoms with van der Waals surface area (Å²) < 4.78 is 0. The normalized spacial score (nSPS) is 14.9. The highest BCUT2D eigenvalue weighted by Gasteiger charge is 2.22. The summed E-state index contributed by atoms with van der Waals surface area (Å²) in [7, 11) is 0. The molecule has 6 heteroatoms. The molecule has 0 saturated carbocycles. The number of anilines is 1. The molecule has 2 amide bonds. The van der Waals surface area contributed by atoms with Crippen molar-refractivity contribution in [2.24, 2.45) is 0 Å². The summed E-state index contributed by atoms with van der Waals surface area (Å²) >= 11 is 7.60. The highest BCUT2D eigenvalue weighted by molar-refractivity contribution is 7.10. The summed E-state index contributed by atoms with van der Waals surface area (Å²) in [5.74, 6) is -0.0228. The van der Waals surface area contributed by atoms with Gasteiger partial charge in [-0.05, 0) is 59.8 Å². The van der Waals surface area contributed by atoms with Gasteiger partial charge in [0.1, 0.15) is 0 Å². The van der Waals surface area contributed by atoms with E-state index < -0.39 is 0 Å². The van der Waals surface area contributed by atoms with Crippen molar-refractivity contribution in [3.05, 3.63) is 87.1 Å². The average Bonchev–Trinajstić information content (AvgIpc) is 3.39. The number of carbonyl (C=O) groups is 2. The van der Waals surface area contributed by atoms with Crippen molar-refractivity contribution < 1.29 is 9.59 Å². The monoisotopic (exact) mass is 410 g/mol. The Labute approximate surface area is 172 Å². The van der Waals surface area contributed by atoms with Crippen LogP contribution in [0.3, 0.4) is 0 Å². The minimum Gasteiger partial charge on any atom is -0.340 e. The van der Waals surface area contributed by atoms with Crippen molar-refractivity contribution in [3.63, 3.8) is 0 Å². The maximum absolute atomic E-state index is 12.9. The van der Waals surface area contributed by atoms with Gasteiger partial charge in [0.25, 0.3) is 5.91 Å². The van der Waals surface area contributed by atoms with Gasteiger partial charge >= 0.3 is 0 Å². The maximum atomic E-state index is 12.9. The fraction of sp³-hybridized carbons (Fsp3) is 0.182. The third-order valence-corrected chi connectivity index (χ3v) is 6.01. The molecule has 1 saturated heterocycles. The summed E-state index contributed by atoms with van der Waals surface area (Å²) in [6.45, 7) is 0.737. The van der Waals surface area contributed by atoms with Gasteiger partial charge in [-0.3, -0.25) is 9.59 Å². The van der Waals surface area contributed by atoms with E-state index in [9.17, 15) is 9.59 Å². The Morgan fingerprint density at radius 1 is 1.07 bits per heavy atom. The SMILES string of the molecule is O=C(NC(c1ccc(Cl)cc1)c1cccs1)c1ccc(N2CCCC2=O)cc1. The highest BCUT2D eigenvalue weighted by atomic mass is 35.5. The molecule has 28 heavy (non-hydrogen) atoms. The van der Waals surface area contributed by atoms with Crippen LogP contribution in [0.1, 0.15) is 39.7 Å². The summed E-state index contributed by atoms with van der Waals surface area (Å²) in [5, 5.41) is 5.77. The molecule has 0 spiro atoms. The van der Waals surface area contributed by atoms with Crippen LogP contribution in [0, 0.1) is 0 Å². The Hall–Kier alpha value is -2.63. The molecule has 0 radical (unpaired) electrons. The lowest BCUT2D eigenvalue weighted by atomic mass is 10.0. The first kappa shape index (κ1) is 18.7. The molecule has 0 aliphatic carbocycles. The first-order valence-corrected chi connectivity index (χ1v) is 10.4. The minimum absolute atomic E-state index is 0.137. The number of hydrogen-bond acceptors (Lipinski definition) is 3. The molecule has 1 N–H and O–H groups in total. The zero-order valence-corrected chi connectivity index (χ0v) is 16.7. The molecular formula is C22H19ClN2O2S. The number of carbonyl (C=O) groups excluding carboxylic acids is 2. The second-order valence-corrected chi connectivity index (χ2v) is 8.08. The summed E-state index contributed by atoms with van der Waals surface area (Å²) in [6.07, 6.45) is 1.47. The van der Waals surface area contributed by atoms with Gasteiger partial charge in [0.2, 0.25) is 5.91 Å². The maximum Gasteiger partial charge on any atom is 0.252 e. The van der Waals surface area contributed by atoms with Crippen LogP contribution in [0.15, 0.2) is 66.0 Å². The standard InChI is InChI=1S/C22H19ClN2O2S/c23-17-9-5-15(6-10-17)21(19-3-2-14-28-19)24-22(27)16-7-11-18(12-8-16)25-13-1-4-20(25)26/h2-3,5-12,14,21H,1,4,13H2,(H,24,27). The molecule has 2 aromatic carbocycles. The molecule has 3 aromatic rings. The average molecular weight is 411 g/mol. The van der Waals surface area contributed by atoms with E-state index in [1.807, 2.05) is 53.9 Å². The van der Waals surface area contributed by atoms with Crippen molar-refractivity contribution in [2.45, 2.75) is 18.9 Å². The van der Waals surface area contributed by atoms with Gasteiger partial charge in [-0.25, -0.2) is 0 Å². The number of benzene rings is 2. The summed E-state index contributed by atoms with van der Waals surface area (Å²) in [4.78, 5) is 27.6. The summed E-state index contributed by atoms with van der Waals surface area (Å²) in [5.41, 5.74) is 2.37. The molecule has 4 nitrogen and oxygen atoms in total. The molecule has 1 aromatic heterocycles. The third kappa shape index (κ3) is 3.96. The van der Waals surface area contributed by atoms with Crippen molar-refractivity contribution in [2.75, 3.05) is 11.4 Å². The Morgan fingerprint density at radius 3 is 2.43 bits per heavy atom. The largest absolute Gasteiger partial charge is 0.340 e. The van der Waals surface area contributed by atoms with Crippen molar-refractivity contribution in [1.82, 2.24) is 5.32 Å². The topological polar surface area (TPSA) is 49.4 Å². The lowest BCUT2D eigenvalue weighted by Gasteiger charge is -2.19. The van der Waals surface area contributed by atoms with Crippen LogP contribution in [-0.4, -0.2) is 18.4 Å². The Bertz CT molecular complexity index is 969. The zero-order valence-electron chi connectivity index (χ0n) is 15.1. The molecule has 142 valence electrons. The van der Waals surface area contributed by atoms with Crippen LogP contribution in [0.4, 0.5) is 5.69 Å². The van der Waals surface area contributed by atoms with E-state index in [2.05, 4.69) is 5.32 Å². The number of thiophene rings is 1. The number of halogens is 1. The van der Waals surface area contributed by atoms with Crippen molar-refractivity contribution in [3.8, 4) is 0 Å². The van der Waals surface area contributed by atoms with Gasteiger partial charge in [-0.15, -0.1) is 11.3 Å². The van der Waals surface area contributed by atoms with E-state index in [1.165, 1.54) is 0 Å². The van der Waals surface area contributed by atoms with Gasteiger partial charge in [0.05, 0.1) is 6.04 Å². The fourth-order valence-electron chi connectivity index (χ4n) is 3.36. The van der Waals surface area contributed by atoms with E-state index in [0.717, 1.165) is 29.1 Å². The van der Waals surface area contributed by atoms with Gasteiger partial charge in [-0.2, -0.15) is 0 Å². The van der Waals surface area contributed by atoms with Crippen molar-refractivity contribution in [1.29, 1.82) is 0 Å². The van der Waals surface area contributed by atoms with E-state index in [-0.39, 0.29) is 17.9 Å². The van der Waals surface area contributed by atoms with Gasteiger partial charge in [-0.1, -0.05) is 29.8 Å². The van der Waals surface area contributed by atoms with Crippen LogP contribution in [0.2, 0.25) is 5.02 Å². The molecule has 1 atom stereocenters. The van der Waals surface area contributed by atoms with E-state index >= 15 is 0 Å². The number of nitrogens with one attached hydrogen (secondary N) is 1. The minimum atomic E-state index is -0.246. The summed E-state index contributed by atoms with van der Waals surface area (Å²) in [6, 6.07) is 18.4. The van der Waals surface area contributed by atoms with E-state index in [0.29, 0.717) is 17.0 Å². The molecule has 1 aliphatic rings. The number of hydrogen-bond donors (Lipinski definition) is 1. The molecule has 1 fully saturated rings. The van der Waals surface area contributed by atoms with Gasteiger partial charge in [0, 0.05) is 34.1 Å². The van der Waals surface area contributed by atoms with Crippen LogP contribution < -0.4 is 10.2 Å². The molecule has 0 bridgehead atoms. The fourth-order valence-corrected chi connectivity index (χ4v) is 4.29. The predicted octanol–water partition coefficient (Wildman–Crippen LogP) is 5.05. The highest BCUT2D eigenvalue weighted by Crippen LogP contribution is 2.28. The second kappa shape index (κ2) is 8.17. The quantitative estimate of drug-likeness (QED) is 0.640. The molecule has 4 rings (SSSR count).